The van der Waals surface area contributed by atoms with Gasteiger partial charge in [0.15, 0.2) is 0 Å². The first kappa shape index (κ1) is 14.9. The van der Waals surface area contributed by atoms with Crippen molar-refractivity contribution in [3.8, 4) is 11.5 Å². The molecule has 110 valence electrons. The minimum absolute atomic E-state index is 0.108. The monoisotopic (exact) mass is 296 g/mol. The summed E-state index contributed by atoms with van der Waals surface area (Å²) in [4.78, 5) is 10.8. The van der Waals surface area contributed by atoms with Gasteiger partial charge in [-0.2, -0.15) is 8.78 Å². The Balaban J connectivity index is 2.11. The number of carbonyl (C=O) groups excluding carboxylic acids is 1. The average Bonchev–Trinajstić information content (AvgIpc) is 2.45. The molecule has 0 aliphatic rings. The van der Waals surface area contributed by atoms with Crippen molar-refractivity contribution in [1.82, 2.24) is 0 Å². The van der Waals surface area contributed by atoms with Crippen LogP contribution < -0.4 is 9.47 Å². The Morgan fingerprint density at radius 1 is 1.05 bits per heavy atom. The van der Waals surface area contributed by atoms with Gasteiger partial charge in [0.2, 0.25) is 0 Å². The molecule has 0 saturated heterocycles. The van der Waals surface area contributed by atoms with Gasteiger partial charge in [0.05, 0.1) is 0 Å². The predicted octanol–water partition coefficient (Wildman–Crippen LogP) is 3.82. The molecule has 0 aromatic heterocycles. The number of hydrogen-bond acceptors (Lipinski definition) is 3. The molecular formula is C15H11F3O3. The van der Waals surface area contributed by atoms with Crippen molar-refractivity contribution in [2.45, 2.75) is 13.2 Å². The van der Waals surface area contributed by atoms with E-state index < -0.39 is 6.61 Å². The molecule has 0 atom stereocenters. The third-order valence-electron chi connectivity index (χ3n) is 2.58. The van der Waals surface area contributed by atoms with Crippen LogP contribution in [0.4, 0.5) is 13.2 Å². The van der Waals surface area contributed by atoms with Gasteiger partial charge in [0, 0.05) is 11.6 Å². The number of carbonyl (C=O) groups is 1. The van der Waals surface area contributed by atoms with Crippen molar-refractivity contribution in [2.24, 2.45) is 0 Å². The summed E-state index contributed by atoms with van der Waals surface area (Å²) in [6, 6.07) is 9.48. The van der Waals surface area contributed by atoms with Gasteiger partial charge in [-0.1, -0.05) is 12.1 Å². The lowest BCUT2D eigenvalue weighted by Crippen LogP contribution is -2.03. The van der Waals surface area contributed by atoms with Crippen LogP contribution in [0.15, 0.2) is 42.5 Å². The van der Waals surface area contributed by atoms with Gasteiger partial charge < -0.3 is 9.47 Å². The third kappa shape index (κ3) is 4.52. The van der Waals surface area contributed by atoms with Crippen LogP contribution in [-0.4, -0.2) is 12.9 Å². The summed E-state index contributed by atoms with van der Waals surface area (Å²) in [6.07, 6.45) is 0.503. The lowest BCUT2D eigenvalue weighted by atomic mass is 10.2. The third-order valence-corrected chi connectivity index (χ3v) is 2.58. The van der Waals surface area contributed by atoms with Gasteiger partial charge in [-0.15, -0.1) is 0 Å². The average molecular weight is 296 g/mol. The van der Waals surface area contributed by atoms with Crippen LogP contribution in [0.2, 0.25) is 0 Å². The first-order valence-electron chi connectivity index (χ1n) is 5.99. The summed E-state index contributed by atoms with van der Waals surface area (Å²) in [5.74, 6) is -0.322. The molecule has 2 aromatic carbocycles. The van der Waals surface area contributed by atoms with Crippen LogP contribution in [0, 0.1) is 5.82 Å². The Morgan fingerprint density at radius 2 is 1.71 bits per heavy atom. The van der Waals surface area contributed by atoms with Gasteiger partial charge >= 0.3 is 6.61 Å². The highest BCUT2D eigenvalue weighted by molar-refractivity contribution is 5.76. The maximum atomic E-state index is 12.8. The largest absolute Gasteiger partial charge is 0.489 e. The lowest BCUT2D eigenvalue weighted by molar-refractivity contribution is -0.0499. The zero-order valence-electron chi connectivity index (χ0n) is 10.8. The number of ether oxygens (including phenoxy) is 2. The Morgan fingerprint density at radius 3 is 2.33 bits per heavy atom. The van der Waals surface area contributed by atoms with Gasteiger partial charge in [0.1, 0.15) is 30.2 Å². The van der Waals surface area contributed by atoms with E-state index in [-0.39, 0.29) is 29.5 Å². The highest BCUT2D eigenvalue weighted by Crippen LogP contribution is 2.24. The first-order valence-corrected chi connectivity index (χ1v) is 5.99. The molecule has 2 rings (SSSR count). The topological polar surface area (TPSA) is 35.5 Å². The number of benzene rings is 2. The zero-order valence-corrected chi connectivity index (χ0v) is 10.8. The van der Waals surface area contributed by atoms with E-state index in [9.17, 15) is 18.0 Å². The smallest absolute Gasteiger partial charge is 0.387 e. The second-order valence-corrected chi connectivity index (χ2v) is 4.15. The SMILES string of the molecule is O=Cc1cc(OCc2ccc(F)cc2)cc(OC(F)F)c1. The van der Waals surface area contributed by atoms with Crippen molar-refractivity contribution in [3.05, 3.63) is 59.4 Å². The van der Waals surface area contributed by atoms with Gasteiger partial charge in [-0.3, -0.25) is 4.79 Å². The molecule has 0 aliphatic heterocycles. The Kier molecular flexibility index (Phi) is 4.81. The molecule has 6 heteroatoms. The van der Waals surface area contributed by atoms with Crippen LogP contribution in [0.1, 0.15) is 15.9 Å². The standard InChI is InChI=1S/C15H11F3O3/c16-12-3-1-10(2-4-12)9-20-13-5-11(8-19)6-14(7-13)21-15(17)18/h1-8,15H,9H2. The second kappa shape index (κ2) is 6.78. The normalized spacial score (nSPS) is 10.5. The maximum Gasteiger partial charge on any atom is 0.387 e. The molecule has 3 nitrogen and oxygen atoms in total. The highest BCUT2D eigenvalue weighted by atomic mass is 19.3. The highest BCUT2D eigenvalue weighted by Gasteiger charge is 2.08. The van der Waals surface area contributed by atoms with E-state index in [1.807, 2.05) is 0 Å². The molecule has 0 unspecified atom stereocenters. The predicted molar refractivity (Wildman–Crippen MR) is 69.2 cm³/mol. The number of aldehydes is 1. The molecule has 21 heavy (non-hydrogen) atoms. The minimum atomic E-state index is -2.99. The van der Waals surface area contributed by atoms with Crippen LogP contribution >= 0.6 is 0 Å². The zero-order chi connectivity index (χ0) is 15.2. The quantitative estimate of drug-likeness (QED) is 0.760. The van der Waals surface area contributed by atoms with E-state index in [0.717, 1.165) is 0 Å². The molecule has 0 aliphatic carbocycles. The molecule has 0 saturated carbocycles. The number of halogens is 3. The van der Waals surface area contributed by atoms with Crippen LogP contribution in [-0.2, 0) is 6.61 Å². The van der Waals surface area contributed by atoms with E-state index >= 15 is 0 Å². The van der Waals surface area contributed by atoms with E-state index in [4.69, 9.17) is 4.74 Å². The van der Waals surface area contributed by atoms with E-state index in [1.54, 1.807) is 0 Å². The Bertz CT molecular complexity index is 612. The van der Waals surface area contributed by atoms with Gasteiger partial charge in [0.25, 0.3) is 0 Å². The van der Waals surface area contributed by atoms with Gasteiger partial charge in [-0.05, 0) is 29.8 Å². The van der Waals surface area contributed by atoms with Crippen molar-refractivity contribution >= 4 is 6.29 Å². The molecule has 0 heterocycles. The van der Waals surface area contributed by atoms with Gasteiger partial charge in [-0.25, -0.2) is 4.39 Å². The molecule has 0 amide bonds. The summed E-state index contributed by atoms with van der Waals surface area (Å²) in [5, 5.41) is 0. The molecule has 0 radical (unpaired) electrons. The summed E-state index contributed by atoms with van der Waals surface area (Å²) in [6.45, 7) is -2.88. The van der Waals surface area contributed by atoms with E-state index in [2.05, 4.69) is 4.74 Å². The second-order valence-electron chi connectivity index (χ2n) is 4.15. The summed E-state index contributed by atoms with van der Waals surface area (Å²) >= 11 is 0. The maximum absolute atomic E-state index is 12.8. The summed E-state index contributed by atoms with van der Waals surface area (Å²) in [5.41, 5.74) is 0.853. The van der Waals surface area contributed by atoms with Crippen molar-refractivity contribution in [1.29, 1.82) is 0 Å². The first-order chi connectivity index (χ1) is 10.1. The van der Waals surface area contributed by atoms with E-state index in [0.29, 0.717) is 11.8 Å². The van der Waals surface area contributed by atoms with Crippen molar-refractivity contribution in [2.75, 3.05) is 0 Å². The van der Waals surface area contributed by atoms with Crippen LogP contribution in [0.25, 0.3) is 0 Å². The number of hydrogen-bond donors (Lipinski definition) is 0. The fourth-order valence-corrected chi connectivity index (χ4v) is 1.66. The molecule has 0 bridgehead atoms. The minimum Gasteiger partial charge on any atom is -0.489 e. The molecular weight excluding hydrogens is 285 g/mol. The molecule has 2 aromatic rings. The lowest BCUT2D eigenvalue weighted by Gasteiger charge is -2.10. The molecule has 0 spiro atoms. The molecule has 0 fully saturated rings. The number of alkyl halides is 2. The fourth-order valence-electron chi connectivity index (χ4n) is 1.66. The summed E-state index contributed by atoms with van der Waals surface area (Å²) in [7, 11) is 0. The van der Waals surface area contributed by atoms with Crippen molar-refractivity contribution in [3.63, 3.8) is 0 Å². The summed E-state index contributed by atoms with van der Waals surface area (Å²) < 4.78 is 46.8. The Labute approximate surface area is 118 Å². The number of rotatable bonds is 6. The molecule has 0 N–H and O–H groups in total. The van der Waals surface area contributed by atoms with Crippen LogP contribution in [0.5, 0.6) is 11.5 Å². The van der Waals surface area contributed by atoms with Crippen molar-refractivity contribution < 1.29 is 27.4 Å². The Hall–Kier alpha value is -2.50. The fraction of sp³-hybridized carbons (Fsp3) is 0.133. The van der Waals surface area contributed by atoms with E-state index in [1.165, 1.54) is 42.5 Å². The van der Waals surface area contributed by atoms with Crippen LogP contribution in [0.3, 0.4) is 0 Å².